The first-order chi connectivity index (χ1) is 12.7. The summed E-state index contributed by atoms with van der Waals surface area (Å²) >= 11 is 0. The van der Waals surface area contributed by atoms with Gasteiger partial charge in [0.05, 0.1) is 30.1 Å². The van der Waals surface area contributed by atoms with Gasteiger partial charge in [-0.25, -0.2) is 9.78 Å². The lowest BCUT2D eigenvalue weighted by Gasteiger charge is -2.41. The number of hydrogen-bond donors (Lipinski definition) is 1. The molecule has 2 aromatic rings. The first-order valence-electron chi connectivity index (χ1n) is 9.17. The van der Waals surface area contributed by atoms with Crippen LogP contribution < -0.4 is 10.1 Å². The van der Waals surface area contributed by atoms with Crippen LogP contribution in [-0.2, 0) is 4.74 Å². The predicted molar refractivity (Wildman–Crippen MR) is 105 cm³/mol. The predicted octanol–water partition coefficient (Wildman–Crippen LogP) is 4.52. The van der Waals surface area contributed by atoms with Crippen LogP contribution in [0.1, 0.15) is 31.9 Å². The third kappa shape index (κ3) is 4.98. The average molecular weight is 369 g/mol. The molecule has 0 saturated carbocycles. The standard InChI is InChI=1S/C21H27N3O3/c1-14-6-8-18(10-15(14)2)26-19-9-7-17(11-22-19)23-20(25)24-12-16(3)27-21(4,5)13-24/h6-11,16H,12-13H2,1-5H3,(H,23,25). The maximum atomic E-state index is 12.5. The normalized spacial score (nSPS) is 18.9. The monoisotopic (exact) mass is 369 g/mol. The van der Waals surface area contributed by atoms with E-state index in [9.17, 15) is 4.79 Å². The van der Waals surface area contributed by atoms with E-state index in [2.05, 4.69) is 17.2 Å². The van der Waals surface area contributed by atoms with Gasteiger partial charge in [-0.3, -0.25) is 0 Å². The number of aromatic nitrogens is 1. The molecular weight excluding hydrogens is 342 g/mol. The molecule has 1 fully saturated rings. The fraction of sp³-hybridized carbons (Fsp3) is 0.429. The van der Waals surface area contributed by atoms with Gasteiger partial charge in [0.25, 0.3) is 0 Å². The van der Waals surface area contributed by atoms with Crippen molar-refractivity contribution in [3.63, 3.8) is 0 Å². The van der Waals surface area contributed by atoms with Gasteiger partial charge >= 0.3 is 6.03 Å². The summed E-state index contributed by atoms with van der Waals surface area (Å²) in [7, 11) is 0. The number of morpholine rings is 1. The Morgan fingerprint density at radius 1 is 1.26 bits per heavy atom. The van der Waals surface area contributed by atoms with Crippen LogP contribution in [0, 0.1) is 13.8 Å². The van der Waals surface area contributed by atoms with Crippen LogP contribution in [0.4, 0.5) is 10.5 Å². The summed E-state index contributed by atoms with van der Waals surface area (Å²) in [5, 5.41) is 2.89. The van der Waals surface area contributed by atoms with Gasteiger partial charge in [-0.1, -0.05) is 6.07 Å². The number of nitrogens with zero attached hydrogens (tertiary/aromatic N) is 2. The summed E-state index contributed by atoms with van der Waals surface area (Å²) in [6, 6.07) is 9.30. The molecule has 2 amide bonds. The number of hydrogen-bond acceptors (Lipinski definition) is 4. The van der Waals surface area contributed by atoms with E-state index >= 15 is 0 Å². The Kier molecular flexibility index (Phi) is 5.37. The lowest BCUT2D eigenvalue weighted by Crippen LogP contribution is -2.54. The van der Waals surface area contributed by atoms with Gasteiger partial charge in [-0.05, 0) is 63.9 Å². The summed E-state index contributed by atoms with van der Waals surface area (Å²) in [5.41, 5.74) is 2.66. The number of urea groups is 1. The second-order valence-corrected chi connectivity index (χ2v) is 7.73. The number of aryl methyl sites for hydroxylation is 2. The van der Waals surface area contributed by atoms with E-state index in [0.29, 0.717) is 24.7 Å². The zero-order valence-electron chi connectivity index (χ0n) is 16.6. The van der Waals surface area contributed by atoms with Crippen molar-refractivity contribution in [1.82, 2.24) is 9.88 Å². The highest BCUT2D eigenvalue weighted by molar-refractivity contribution is 5.89. The maximum absolute atomic E-state index is 12.5. The molecule has 1 aliphatic heterocycles. The Labute approximate surface area is 160 Å². The van der Waals surface area contributed by atoms with Gasteiger partial charge in [0.15, 0.2) is 0 Å². The van der Waals surface area contributed by atoms with Crippen molar-refractivity contribution in [2.24, 2.45) is 0 Å². The number of carbonyl (C=O) groups excluding carboxylic acids is 1. The average Bonchev–Trinajstić information content (AvgIpc) is 2.58. The van der Waals surface area contributed by atoms with E-state index < -0.39 is 0 Å². The Morgan fingerprint density at radius 2 is 2.04 bits per heavy atom. The molecule has 0 radical (unpaired) electrons. The van der Waals surface area contributed by atoms with E-state index in [4.69, 9.17) is 9.47 Å². The van der Waals surface area contributed by atoms with E-state index in [1.54, 1.807) is 23.2 Å². The van der Waals surface area contributed by atoms with E-state index in [-0.39, 0.29) is 17.7 Å². The van der Waals surface area contributed by atoms with Crippen LogP contribution in [0.5, 0.6) is 11.6 Å². The summed E-state index contributed by atoms with van der Waals surface area (Å²) in [4.78, 5) is 18.6. The molecule has 6 heteroatoms. The molecule has 2 heterocycles. The van der Waals surface area contributed by atoms with E-state index in [1.807, 2.05) is 45.9 Å². The Morgan fingerprint density at radius 3 is 2.67 bits per heavy atom. The first-order valence-corrected chi connectivity index (χ1v) is 9.17. The number of pyridine rings is 1. The molecule has 1 aromatic carbocycles. The van der Waals surface area contributed by atoms with Gasteiger partial charge in [-0.15, -0.1) is 0 Å². The molecule has 6 nitrogen and oxygen atoms in total. The Balaban J connectivity index is 1.61. The number of benzene rings is 1. The van der Waals surface area contributed by atoms with Crippen molar-refractivity contribution in [3.8, 4) is 11.6 Å². The highest BCUT2D eigenvalue weighted by Crippen LogP contribution is 2.24. The van der Waals surface area contributed by atoms with Crippen LogP contribution in [-0.4, -0.2) is 40.7 Å². The van der Waals surface area contributed by atoms with Crippen molar-refractivity contribution in [2.75, 3.05) is 18.4 Å². The third-order valence-electron chi connectivity index (χ3n) is 4.54. The highest BCUT2D eigenvalue weighted by atomic mass is 16.5. The molecule has 0 spiro atoms. The van der Waals surface area contributed by atoms with Crippen molar-refractivity contribution < 1.29 is 14.3 Å². The van der Waals surface area contributed by atoms with Gasteiger partial charge in [0, 0.05) is 12.6 Å². The molecule has 1 aromatic heterocycles. The fourth-order valence-electron chi connectivity index (χ4n) is 3.22. The van der Waals surface area contributed by atoms with E-state index in [1.165, 1.54) is 11.1 Å². The van der Waals surface area contributed by atoms with Gasteiger partial charge < -0.3 is 19.7 Å². The molecular formula is C21H27N3O3. The molecule has 1 atom stereocenters. The van der Waals surface area contributed by atoms with Crippen molar-refractivity contribution in [1.29, 1.82) is 0 Å². The quantitative estimate of drug-likeness (QED) is 0.864. The molecule has 1 aliphatic rings. The molecule has 0 aliphatic carbocycles. The van der Waals surface area contributed by atoms with Gasteiger partial charge in [0.2, 0.25) is 5.88 Å². The molecule has 0 bridgehead atoms. The van der Waals surface area contributed by atoms with Crippen molar-refractivity contribution in [2.45, 2.75) is 46.3 Å². The molecule has 3 rings (SSSR count). The van der Waals surface area contributed by atoms with Crippen LogP contribution in [0.25, 0.3) is 0 Å². The molecule has 1 N–H and O–H groups in total. The summed E-state index contributed by atoms with van der Waals surface area (Å²) in [6.07, 6.45) is 1.61. The number of amides is 2. The smallest absolute Gasteiger partial charge is 0.322 e. The second kappa shape index (κ2) is 7.56. The number of nitrogens with one attached hydrogen (secondary N) is 1. The number of anilines is 1. The highest BCUT2D eigenvalue weighted by Gasteiger charge is 2.33. The number of ether oxygens (including phenoxy) is 2. The molecule has 1 unspecified atom stereocenters. The molecule has 27 heavy (non-hydrogen) atoms. The minimum absolute atomic E-state index is 0.00590. The molecule has 144 valence electrons. The SMILES string of the molecule is Cc1ccc(Oc2ccc(NC(=O)N3CC(C)OC(C)(C)C3)cn2)cc1C. The maximum Gasteiger partial charge on any atom is 0.322 e. The van der Waals surface area contributed by atoms with Crippen molar-refractivity contribution in [3.05, 3.63) is 47.7 Å². The number of rotatable bonds is 3. The first kappa shape index (κ1) is 19.2. The third-order valence-corrected chi connectivity index (χ3v) is 4.54. The van der Waals surface area contributed by atoms with Crippen LogP contribution in [0.3, 0.4) is 0 Å². The largest absolute Gasteiger partial charge is 0.439 e. The fourth-order valence-corrected chi connectivity index (χ4v) is 3.22. The summed E-state index contributed by atoms with van der Waals surface area (Å²) in [5.74, 6) is 1.23. The molecule has 1 saturated heterocycles. The Hall–Kier alpha value is -2.60. The zero-order chi connectivity index (χ0) is 19.6. The van der Waals surface area contributed by atoms with Gasteiger partial charge in [-0.2, -0.15) is 0 Å². The lowest BCUT2D eigenvalue weighted by atomic mass is 10.1. The van der Waals surface area contributed by atoms with Crippen molar-refractivity contribution >= 4 is 11.7 Å². The van der Waals surface area contributed by atoms with Crippen LogP contribution in [0.15, 0.2) is 36.5 Å². The lowest BCUT2D eigenvalue weighted by molar-refractivity contribution is -0.116. The second-order valence-electron chi connectivity index (χ2n) is 7.73. The summed E-state index contributed by atoms with van der Waals surface area (Å²) in [6.45, 7) is 11.2. The van der Waals surface area contributed by atoms with E-state index in [0.717, 1.165) is 5.75 Å². The number of carbonyl (C=O) groups is 1. The summed E-state index contributed by atoms with van der Waals surface area (Å²) < 4.78 is 11.6. The zero-order valence-corrected chi connectivity index (χ0v) is 16.6. The Bertz CT molecular complexity index is 818. The van der Waals surface area contributed by atoms with Crippen LogP contribution in [0.2, 0.25) is 0 Å². The minimum atomic E-state index is -0.350. The van der Waals surface area contributed by atoms with Gasteiger partial charge in [0.1, 0.15) is 5.75 Å². The minimum Gasteiger partial charge on any atom is -0.439 e. The topological polar surface area (TPSA) is 63.7 Å². The van der Waals surface area contributed by atoms with Crippen LogP contribution >= 0.6 is 0 Å².